The summed E-state index contributed by atoms with van der Waals surface area (Å²) in [5, 5.41) is 0. The summed E-state index contributed by atoms with van der Waals surface area (Å²) in [4.78, 5) is 0. The Bertz CT molecular complexity index is 184. The predicted molar refractivity (Wildman–Crippen MR) is 66.4 cm³/mol. The molecule has 0 aliphatic heterocycles. The average Bonchev–Trinajstić information content (AvgIpc) is 2.22. The van der Waals surface area contributed by atoms with Crippen molar-refractivity contribution >= 4 is 0 Å². The molecule has 0 rings (SSSR count). The first-order chi connectivity index (χ1) is 6.52. The highest BCUT2D eigenvalue weighted by Crippen LogP contribution is 2.16. The zero-order valence-electron chi connectivity index (χ0n) is 10.7. The van der Waals surface area contributed by atoms with Crippen LogP contribution in [0.1, 0.15) is 54.4 Å². The van der Waals surface area contributed by atoms with Gasteiger partial charge in [-0.1, -0.05) is 51.0 Å². The van der Waals surface area contributed by atoms with Crippen LogP contribution in [0.5, 0.6) is 0 Å². The SMILES string of the molecule is CCC(C)/C(C)=C/C=C(\C)C(C)CC. The van der Waals surface area contributed by atoms with E-state index in [2.05, 4.69) is 53.7 Å². The molecule has 14 heavy (non-hydrogen) atoms. The molecule has 0 saturated heterocycles. The number of hydrogen-bond donors (Lipinski definition) is 0. The summed E-state index contributed by atoms with van der Waals surface area (Å²) >= 11 is 0. The highest BCUT2D eigenvalue weighted by molar-refractivity contribution is 5.18. The normalized spacial score (nSPS) is 18.1. The molecule has 0 radical (unpaired) electrons. The average molecular weight is 194 g/mol. The van der Waals surface area contributed by atoms with Crippen LogP contribution in [0.25, 0.3) is 0 Å². The third-order valence-corrected chi connectivity index (χ3v) is 3.39. The molecule has 0 N–H and O–H groups in total. The second kappa shape index (κ2) is 6.86. The van der Waals surface area contributed by atoms with Crippen molar-refractivity contribution in [1.29, 1.82) is 0 Å². The third kappa shape index (κ3) is 4.64. The smallest absolute Gasteiger partial charge is 0.0234 e. The first-order valence-corrected chi connectivity index (χ1v) is 5.87. The van der Waals surface area contributed by atoms with Gasteiger partial charge in [-0.3, -0.25) is 0 Å². The molecule has 0 aromatic heterocycles. The molecule has 0 amide bonds. The quantitative estimate of drug-likeness (QED) is 0.542. The first kappa shape index (κ1) is 13.5. The van der Waals surface area contributed by atoms with Gasteiger partial charge in [-0.05, 0) is 38.5 Å². The summed E-state index contributed by atoms with van der Waals surface area (Å²) < 4.78 is 0. The lowest BCUT2D eigenvalue weighted by molar-refractivity contribution is 0.649. The lowest BCUT2D eigenvalue weighted by Gasteiger charge is -2.10. The molecule has 0 fully saturated rings. The standard InChI is InChI=1S/C14H26/c1-7-11(3)13(5)9-10-14(6)12(4)8-2/h9-12H,7-8H2,1-6H3/b13-9+,14-10+. The summed E-state index contributed by atoms with van der Waals surface area (Å²) in [5.74, 6) is 1.44. The van der Waals surface area contributed by atoms with Crippen LogP contribution >= 0.6 is 0 Å². The lowest BCUT2D eigenvalue weighted by Crippen LogP contribution is -1.95. The molecule has 0 aromatic rings. The molecule has 0 bridgehead atoms. The van der Waals surface area contributed by atoms with Gasteiger partial charge >= 0.3 is 0 Å². The predicted octanol–water partition coefficient (Wildman–Crippen LogP) is 4.97. The van der Waals surface area contributed by atoms with E-state index < -0.39 is 0 Å². The molecule has 0 aliphatic rings. The Balaban J connectivity index is 4.37. The number of hydrogen-bond acceptors (Lipinski definition) is 0. The molecule has 0 heterocycles. The summed E-state index contributed by atoms with van der Waals surface area (Å²) in [6, 6.07) is 0. The molecule has 82 valence electrons. The summed E-state index contributed by atoms with van der Waals surface area (Å²) in [6.45, 7) is 13.5. The van der Waals surface area contributed by atoms with Crippen LogP contribution in [-0.2, 0) is 0 Å². The van der Waals surface area contributed by atoms with Gasteiger partial charge < -0.3 is 0 Å². The van der Waals surface area contributed by atoms with Gasteiger partial charge in [-0.15, -0.1) is 0 Å². The molecule has 0 saturated carbocycles. The van der Waals surface area contributed by atoms with Gasteiger partial charge in [-0.25, -0.2) is 0 Å². The van der Waals surface area contributed by atoms with Crippen molar-refractivity contribution in [3.63, 3.8) is 0 Å². The minimum absolute atomic E-state index is 0.719. The van der Waals surface area contributed by atoms with Crippen molar-refractivity contribution in [2.75, 3.05) is 0 Å². The van der Waals surface area contributed by atoms with Crippen molar-refractivity contribution in [1.82, 2.24) is 0 Å². The van der Waals surface area contributed by atoms with Crippen molar-refractivity contribution < 1.29 is 0 Å². The van der Waals surface area contributed by atoms with Crippen molar-refractivity contribution in [2.45, 2.75) is 54.4 Å². The monoisotopic (exact) mass is 194 g/mol. The van der Waals surface area contributed by atoms with E-state index >= 15 is 0 Å². The van der Waals surface area contributed by atoms with E-state index in [1.165, 1.54) is 24.0 Å². The second-order valence-electron chi connectivity index (χ2n) is 4.44. The Morgan fingerprint density at radius 3 is 1.36 bits per heavy atom. The Labute approximate surface area is 90.1 Å². The van der Waals surface area contributed by atoms with Crippen LogP contribution in [0, 0.1) is 11.8 Å². The Kier molecular flexibility index (Phi) is 6.61. The topological polar surface area (TPSA) is 0 Å². The zero-order valence-corrected chi connectivity index (χ0v) is 10.7. The molecular formula is C14H26. The lowest BCUT2D eigenvalue weighted by atomic mass is 9.96. The number of rotatable bonds is 5. The van der Waals surface area contributed by atoms with Crippen molar-refractivity contribution in [3.8, 4) is 0 Å². The molecule has 2 atom stereocenters. The van der Waals surface area contributed by atoms with Crippen LogP contribution < -0.4 is 0 Å². The fourth-order valence-corrected chi connectivity index (χ4v) is 1.24. The molecule has 0 aromatic carbocycles. The molecule has 0 aliphatic carbocycles. The molecule has 2 unspecified atom stereocenters. The van der Waals surface area contributed by atoms with Crippen molar-refractivity contribution in [3.05, 3.63) is 23.3 Å². The van der Waals surface area contributed by atoms with Gasteiger partial charge in [0.25, 0.3) is 0 Å². The van der Waals surface area contributed by atoms with Gasteiger partial charge in [0.1, 0.15) is 0 Å². The van der Waals surface area contributed by atoms with E-state index in [0.29, 0.717) is 0 Å². The fourth-order valence-electron chi connectivity index (χ4n) is 1.24. The van der Waals surface area contributed by atoms with Crippen LogP contribution in [0.3, 0.4) is 0 Å². The Morgan fingerprint density at radius 1 is 0.857 bits per heavy atom. The maximum absolute atomic E-state index is 2.29. The van der Waals surface area contributed by atoms with Crippen molar-refractivity contribution in [2.24, 2.45) is 11.8 Å². The fraction of sp³-hybridized carbons (Fsp3) is 0.714. The second-order valence-corrected chi connectivity index (χ2v) is 4.44. The Morgan fingerprint density at radius 2 is 1.14 bits per heavy atom. The highest BCUT2D eigenvalue weighted by Gasteiger charge is 2.01. The first-order valence-electron chi connectivity index (χ1n) is 5.87. The van der Waals surface area contributed by atoms with E-state index in [4.69, 9.17) is 0 Å². The van der Waals surface area contributed by atoms with Gasteiger partial charge in [0.15, 0.2) is 0 Å². The van der Waals surface area contributed by atoms with E-state index in [1.54, 1.807) is 0 Å². The largest absolute Gasteiger partial charge is 0.0705 e. The molecule has 0 spiro atoms. The number of allylic oxidation sites excluding steroid dienone is 4. The summed E-state index contributed by atoms with van der Waals surface area (Å²) in [6.07, 6.45) is 7.04. The van der Waals surface area contributed by atoms with Gasteiger partial charge in [-0.2, -0.15) is 0 Å². The highest BCUT2D eigenvalue weighted by atomic mass is 14.1. The van der Waals surface area contributed by atoms with Gasteiger partial charge in [0, 0.05) is 0 Å². The van der Waals surface area contributed by atoms with Gasteiger partial charge in [0.2, 0.25) is 0 Å². The maximum atomic E-state index is 2.29. The van der Waals surface area contributed by atoms with E-state index in [0.717, 1.165) is 11.8 Å². The molecule has 0 nitrogen and oxygen atoms in total. The minimum atomic E-state index is 0.719. The Hall–Kier alpha value is -0.520. The maximum Gasteiger partial charge on any atom is -0.0234 e. The van der Waals surface area contributed by atoms with Crippen LogP contribution in [0.4, 0.5) is 0 Å². The minimum Gasteiger partial charge on any atom is -0.0705 e. The molecular weight excluding hydrogens is 168 g/mol. The molecule has 0 heteroatoms. The van der Waals surface area contributed by atoms with Crippen LogP contribution in [-0.4, -0.2) is 0 Å². The van der Waals surface area contributed by atoms with E-state index in [9.17, 15) is 0 Å². The van der Waals surface area contributed by atoms with E-state index in [-0.39, 0.29) is 0 Å². The summed E-state index contributed by atoms with van der Waals surface area (Å²) in [7, 11) is 0. The third-order valence-electron chi connectivity index (χ3n) is 3.39. The van der Waals surface area contributed by atoms with Gasteiger partial charge in [0.05, 0.1) is 0 Å². The van der Waals surface area contributed by atoms with E-state index in [1.807, 2.05) is 0 Å². The van der Waals surface area contributed by atoms with Crippen LogP contribution in [0.15, 0.2) is 23.3 Å². The zero-order chi connectivity index (χ0) is 11.1. The van der Waals surface area contributed by atoms with Crippen LogP contribution in [0.2, 0.25) is 0 Å². The summed E-state index contributed by atoms with van der Waals surface area (Å²) in [5.41, 5.74) is 2.99.